The molecule has 18 heavy (non-hydrogen) atoms. The van der Waals surface area contributed by atoms with Crippen molar-refractivity contribution in [1.82, 2.24) is 4.90 Å². The molecule has 2 heteroatoms. The first kappa shape index (κ1) is 10.1. The molecule has 4 aliphatic rings. The van der Waals surface area contributed by atoms with Gasteiger partial charge in [0.2, 0.25) is 5.91 Å². The highest BCUT2D eigenvalue weighted by Crippen LogP contribution is 2.54. The van der Waals surface area contributed by atoms with Gasteiger partial charge in [-0.2, -0.15) is 0 Å². The normalized spacial score (nSPS) is 31.1. The lowest BCUT2D eigenvalue weighted by Gasteiger charge is -2.43. The van der Waals surface area contributed by atoms with Gasteiger partial charge in [-0.05, 0) is 23.1 Å². The molecule has 2 nitrogen and oxygen atoms in total. The largest absolute Gasteiger partial charge is 0.318 e. The molecule has 0 radical (unpaired) electrons. The van der Waals surface area contributed by atoms with E-state index < -0.39 is 0 Å². The maximum absolute atomic E-state index is 11.6. The Balaban J connectivity index is 1.93. The molecule has 0 saturated carbocycles. The molecular formula is C16H15NO. The van der Waals surface area contributed by atoms with Gasteiger partial charge in [0.1, 0.15) is 0 Å². The average molecular weight is 237 g/mol. The Morgan fingerprint density at radius 3 is 3.06 bits per heavy atom. The third-order valence-corrected chi connectivity index (χ3v) is 4.60. The zero-order valence-corrected chi connectivity index (χ0v) is 10.4. The van der Waals surface area contributed by atoms with E-state index in [0.29, 0.717) is 5.92 Å². The third-order valence-electron chi connectivity index (χ3n) is 4.60. The van der Waals surface area contributed by atoms with Gasteiger partial charge in [-0.3, -0.25) is 4.79 Å². The van der Waals surface area contributed by atoms with Crippen LogP contribution in [-0.4, -0.2) is 17.4 Å². The van der Waals surface area contributed by atoms with Crippen molar-refractivity contribution in [2.75, 3.05) is 6.54 Å². The van der Waals surface area contributed by atoms with Crippen LogP contribution in [0.3, 0.4) is 0 Å². The van der Waals surface area contributed by atoms with Crippen LogP contribution in [0.15, 0.2) is 48.2 Å². The van der Waals surface area contributed by atoms with Crippen LogP contribution in [0.2, 0.25) is 0 Å². The molecule has 1 amide bonds. The summed E-state index contributed by atoms with van der Waals surface area (Å²) < 4.78 is 0. The molecule has 1 spiro atoms. The van der Waals surface area contributed by atoms with Crippen LogP contribution < -0.4 is 0 Å². The van der Waals surface area contributed by atoms with Gasteiger partial charge in [-0.25, -0.2) is 0 Å². The topological polar surface area (TPSA) is 20.3 Å². The molecule has 0 fully saturated rings. The quantitative estimate of drug-likeness (QED) is 0.635. The van der Waals surface area contributed by atoms with Gasteiger partial charge >= 0.3 is 0 Å². The minimum absolute atomic E-state index is 0.0307. The Kier molecular flexibility index (Phi) is 1.76. The summed E-state index contributed by atoms with van der Waals surface area (Å²) in [7, 11) is 0. The van der Waals surface area contributed by atoms with Crippen LogP contribution >= 0.6 is 0 Å². The Bertz CT molecular complexity index is 613. The number of amides is 1. The van der Waals surface area contributed by atoms with Crippen molar-refractivity contribution in [2.24, 2.45) is 0 Å². The SMILES string of the molecule is CC(=O)N1C=C2CC3C=CC2(C1)c1ccccc13. The molecule has 1 aliphatic heterocycles. The Morgan fingerprint density at radius 2 is 2.22 bits per heavy atom. The van der Waals surface area contributed by atoms with E-state index in [1.54, 1.807) is 6.92 Å². The number of hydrogen-bond donors (Lipinski definition) is 0. The fourth-order valence-corrected chi connectivity index (χ4v) is 3.69. The number of hydrogen-bond acceptors (Lipinski definition) is 1. The molecule has 3 aliphatic carbocycles. The van der Waals surface area contributed by atoms with E-state index in [0.717, 1.165) is 13.0 Å². The van der Waals surface area contributed by atoms with Gasteiger partial charge in [-0.1, -0.05) is 36.4 Å². The van der Waals surface area contributed by atoms with Gasteiger partial charge in [0.15, 0.2) is 0 Å². The molecule has 1 aromatic rings. The second-order valence-electron chi connectivity index (χ2n) is 5.53. The lowest BCUT2D eigenvalue weighted by molar-refractivity contribution is -0.126. The summed E-state index contributed by atoms with van der Waals surface area (Å²) >= 11 is 0. The summed E-state index contributed by atoms with van der Waals surface area (Å²) in [6.45, 7) is 2.42. The second-order valence-corrected chi connectivity index (χ2v) is 5.53. The molecule has 90 valence electrons. The number of rotatable bonds is 0. The molecule has 1 aromatic carbocycles. The molecule has 2 atom stereocenters. The standard InChI is InChI=1S/C16H15NO/c1-11(18)17-9-13-8-12-6-7-16(13,10-17)15-5-3-2-4-14(12)15/h2-7,9,12H,8,10H2,1H3. The number of carbonyl (C=O) groups excluding carboxylic acids is 1. The van der Waals surface area contributed by atoms with Crippen molar-refractivity contribution < 1.29 is 4.79 Å². The number of carbonyl (C=O) groups is 1. The smallest absolute Gasteiger partial charge is 0.223 e. The first-order valence-corrected chi connectivity index (χ1v) is 6.48. The Labute approximate surface area is 107 Å². The molecule has 5 rings (SSSR count). The lowest BCUT2D eigenvalue weighted by Crippen LogP contribution is -2.40. The van der Waals surface area contributed by atoms with E-state index in [2.05, 4.69) is 42.6 Å². The molecular weight excluding hydrogens is 222 g/mol. The summed E-state index contributed by atoms with van der Waals surface area (Å²) in [4.78, 5) is 13.5. The van der Waals surface area contributed by atoms with Crippen LogP contribution in [0.1, 0.15) is 30.4 Å². The number of allylic oxidation sites excluding steroid dienone is 1. The van der Waals surface area contributed by atoms with Gasteiger partial charge < -0.3 is 4.90 Å². The fraction of sp³-hybridized carbons (Fsp3) is 0.312. The summed E-state index contributed by atoms with van der Waals surface area (Å²) in [6.07, 6.45) is 7.79. The van der Waals surface area contributed by atoms with Gasteiger partial charge in [-0.15, -0.1) is 0 Å². The van der Waals surface area contributed by atoms with E-state index in [4.69, 9.17) is 0 Å². The fourth-order valence-electron chi connectivity index (χ4n) is 3.69. The molecule has 0 aromatic heterocycles. The highest BCUT2D eigenvalue weighted by molar-refractivity contribution is 5.77. The van der Waals surface area contributed by atoms with E-state index in [-0.39, 0.29) is 11.3 Å². The molecule has 0 saturated heterocycles. The second kappa shape index (κ2) is 3.14. The van der Waals surface area contributed by atoms with E-state index in [9.17, 15) is 4.79 Å². The minimum atomic E-state index is -0.0307. The first-order valence-electron chi connectivity index (χ1n) is 6.48. The highest BCUT2D eigenvalue weighted by atomic mass is 16.2. The summed E-state index contributed by atoms with van der Waals surface area (Å²) in [5, 5.41) is 0. The summed E-state index contributed by atoms with van der Waals surface area (Å²) in [5.74, 6) is 0.641. The average Bonchev–Trinajstić information content (AvgIpc) is 2.79. The monoisotopic (exact) mass is 237 g/mol. The number of nitrogens with zero attached hydrogens (tertiary/aromatic N) is 1. The maximum atomic E-state index is 11.6. The lowest BCUT2D eigenvalue weighted by atomic mass is 9.60. The molecule has 0 N–H and O–H groups in total. The Morgan fingerprint density at radius 1 is 1.39 bits per heavy atom. The van der Waals surface area contributed by atoms with Crippen molar-refractivity contribution in [2.45, 2.75) is 24.7 Å². The van der Waals surface area contributed by atoms with E-state index >= 15 is 0 Å². The van der Waals surface area contributed by atoms with Gasteiger partial charge in [0.05, 0.1) is 5.41 Å². The zero-order chi connectivity index (χ0) is 12.3. The van der Waals surface area contributed by atoms with E-state index in [1.165, 1.54) is 16.7 Å². The van der Waals surface area contributed by atoms with Crippen LogP contribution in [0.25, 0.3) is 0 Å². The van der Waals surface area contributed by atoms with Gasteiger partial charge in [0.25, 0.3) is 0 Å². The minimum Gasteiger partial charge on any atom is -0.318 e. The predicted octanol–water partition coefficient (Wildman–Crippen LogP) is 2.73. The van der Waals surface area contributed by atoms with E-state index in [1.807, 2.05) is 4.90 Å². The molecule has 2 bridgehead atoms. The molecule has 1 heterocycles. The highest BCUT2D eigenvalue weighted by Gasteiger charge is 2.48. The van der Waals surface area contributed by atoms with Gasteiger partial charge in [0, 0.05) is 25.6 Å². The summed E-state index contributed by atoms with van der Waals surface area (Å²) in [5.41, 5.74) is 4.22. The van der Waals surface area contributed by atoms with Crippen LogP contribution in [-0.2, 0) is 10.2 Å². The van der Waals surface area contributed by atoms with Crippen molar-refractivity contribution in [3.63, 3.8) is 0 Å². The van der Waals surface area contributed by atoms with Crippen molar-refractivity contribution >= 4 is 5.91 Å². The molecule has 2 unspecified atom stereocenters. The Hall–Kier alpha value is -1.83. The first-order chi connectivity index (χ1) is 8.71. The van der Waals surface area contributed by atoms with Crippen molar-refractivity contribution in [3.05, 3.63) is 59.3 Å². The zero-order valence-electron chi connectivity index (χ0n) is 10.4. The predicted molar refractivity (Wildman–Crippen MR) is 70.1 cm³/mol. The van der Waals surface area contributed by atoms with Crippen LogP contribution in [0.4, 0.5) is 0 Å². The summed E-state index contributed by atoms with van der Waals surface area (Å²) in [6, 6.07) is 8.68. The maximum Gasteiger partial charge on any atom is 0.223 e. The van der Waals surface area contributed by atoms with Crippen molar-refractivity contribution in [3.8, 4) is 0 Å². The van der Waals surface area contributed by atoms with Crippen LogP contribution in [0, 0.1) is 0 Å². The van der Waals surface area contributed by atoms with Crippen LogP contribution in [0.5, 0.6) is 0 Å². The van der Waals surface area contributed by atoms with Crippen molar-refractivity contribution in [1.29, 1.82) is 0 Å². The third kappa shape index (κ3) is 1.06. The number of benzene rings is 1.